The van der Waals surface area contributed by atoms with E-state index in [0.717, 1.165) is 38.3 Å². The van der Waals surface area contributed by atoms with Crippen LogP contribution < -0.4 is 9.47 Å². The molecule has 3 rings (SSSR count). The molecule has 1 saturated heterocycles. The predicted molar refractivity (Wildman–Crippen MR) is 122 cm³/mol. The van der Waals surface area contributed by atoms with Crippen molar-refractivity contribution < 1.29 is 19.4 Å². The zero-order chi connectivity index (χ0) is 22.2. The minimum absolute atomic E-state index is 0.148. The minimum atomic E-state index is -0.533. The van der Waals surface area contributed by atoms with Gasteiger partial charge >= 0.3 is 0 Å². The topological polar surface area (TPSA) is 65.5 Å². The quantitative estimate of drug-likeness (QED) is 0.645. The SMILES string of the molecule is COc1cc(CN2CCN(C(C)=O)CC2)ccc1OC[C@@H](O)CN(C)C1CCCCC1. The number of hydrogen-bond donors (Lipinski definition) is 1. The lowest BCUT2D eigenvalue weighted by atomic mass is 9.94. The van der Waals surface area contributed by atoms with Gasteiger partial charge in [0.05, 0.1) is 7.11 Å². The summed E-state index contributed by atoms with van der Waals surface area (Å²) in [5, 5.41) is 10.5. The van der Waals surface area contributed by atoms with Gasteiger partial charge in [-0.25, -0.2) is 0 Å². The van der Waals surface area contributed by atoms with E-state index in [1.807, 2.05) is 17.0 Å². The molecule has 1 atom stereocenters. The van der Waals surface area contributed by atoms with E-state index in [1.165, 1.54) is 32.1 Å². The maximum absolute atomic E-state index is 11.5. The van der Waals surface area contributed by atoms with Gasteiger partial charge in [0.15, 0.2) is 11.5 Å². The van der Waals surface area contributed by atoms with Crippen LogP contribution in [0.5, 0.6) is 11.5 Å². The summed E-state index contributed by atoms with van der Waals surface area (Å²) in [6, 6.07) is 6.56. The third-order valence-electron chi connectivity index (χ3n) is 6.58. The van der Waals surface area contributed by atoms with E-state index >= 15 is 0 Å². The first-order valence-corrected chi connectivity index (χ1v) is 11.6. The van der Waals surface area contributed by atoms with Crippen LogP contribution in [0.2, 0.25) is 0 Å². The lowest BCUT2D eigenvalue weighted by molar-refractivity contribution is -0.130. The van der Waals surface area contributed by atoms with E-state index < -0.39 is 6.10 Å². The van der Waals surface area contributed by atoms with Crippen LogP contribution in [-0.4, -0.2) is 91.3 Å². The highest BCUT2D eigenvalue weighted by Gasteiger charge is 2.21. The van der Waals surface area contributed by atoms with Crippen molar-refractivity contribution in [2.24, 2.45) is 0 Å². The van der Waals surface area contributed by atoms with E-state index in [9.17, 15) is 9.90 Å². The molecule has 0 spiro atoms. The molecular formula is C24H39N3O4. The predicted octanol–water partition coefficient (Wildman–Crippen LogP) is 2.36. The van der Waals surface area contributed by atoms with Crippen molar-refractivity contribution in [3.8, 4) is 11.5 Å². The molecule has 1 aromatic rings. The summed E-state index contributed by atoms with van der Waals surface area (Å²) in [4.78, 5) is 18.0. The van der Waals surface area contributed by atoms with Gasteiger partial charge in [0.2, 0.25) is 5.91 Å². The molecule has 1 aliphatic carbocycles. The molecule has 7 heteroatoms. The Morgan fingerprint density at radius 2 is 1.87 bits per heavy atom. The zero-order valence-corrected chi connectivity index (χ0v) is 19.4. The van der Waals surface area contributed by atoms with Crippen molar-refractivity contribution in [2.45, 2.75) is 57.7 Å². The Labute approximate surface area is 186 Å². The fraction of sp³-hybridized carbons (Fsp3) is 0.708. The second-order valence-corrected chi connectivity index (χ2v) is 8.96. The van der Waals surface area contributed by atoms with Crippen LogP contribution in [0.15, 0.2) is 18.2 Å². The summed E-state index contributed by atoms with van der Waals surface area (Å²) in [5.41, 5.74) is 1.15. The number of hydrogen-bond acceptors (Lipinski definition) is 6. The van der Waals surface area contributed by atoms with Crippen molar-refractivity contribution >= 4 is 5.91 Å². The molecule has 174 valence electrons. The van der Waals surface area contributed by atoms with Crippen LogP contribution in [0.4, 0.5) is 0 Å². The molecule has 1 saturated carbocycles. The average molecular weight is 434 g/mol. The number of rotatable bonds is 9. The highest BCUT2D eigenvalue weighted by Crippen LogP contribution is 2.29. The van der Waals surface area contributed by atoms with E-state index in [2.05, 4.69) is 22.9 Å². The van der Waals surface area contributed by atoms with Crippen LogP contribution in [0, 0.1) is 0 Å². The number of benzene rings is 1. The summed E-state index contributed by atoms with van der Waals surface area (Å²) >= 11 is 0. The van der Waals surface area contributed by atoms with Crippen LogP contribution >= 0.6 is 0 Å². The highest BCUT2D eigenvalue weighted by molar-refractivity contribution is 5.73. The minimum Gasteiger partial charge on any atom is -0.493 e. The Kier molecular flexibility index (Phi) is 8.99. The van der Waals surface area contributed by atoms with Gasteiger partial charge in [-0.3, -0.25) is 9.69 Å². The Morgan fingerprint density at radius 3 is 2.52 bits per heavy atom. The van der Waals surface area contributed by atoms with Gasteiger partial charge in [0.1, 0.15) is 12.7 Å². The first-order valence-electron chi connectivity index (χ1n) is 11.6. The summed E-state index contributed by atoms with van der Waals surface area (Å²) < 4.78 is 11.4. The molecule has 1 heterocycles. The highest BCUT2D eigenvalue weighted by atomic mass is 16.5. The van der Waals surface area contributed by atoms with E-state index in [-0.39, 0.29) is 12.5 Å². The molecule has 31 heavy (non-hydrogen) atoms. The number of carbonyl (C=O) groups is 1. The van der Waals surface area contributed by atoms with Crippen LogP contribution in [0.1, 0.15) is 44.6 Å². The van der Waals surface area contributed by atoms with Crippen molar-refractivity contribution in [1.82, 2.24) is 14.7 Å². The van der Waals surface area contributed by atoms with Crippen LogP contribution in [0.3, 0.4) is 0 Å². The molecular weight excluding hydrogens is 394 g/mol. The number of piperazine rings is 1. The van der Waals surface area contributed by atoms with Crippen molar-refractivity contribution in [3.63, 3.8) is 0 Å². The lowest BCUT2D eigenvalue weighted by Crippen LogP contribution is -2.47. The van der Waals surface area contributed by atoms with Crippen LogP contribution in [-0.2, 0) is 11.3 Å². The summed E-state index contributed by atoms with van der Waals surface area (Å²) in [6.45, 7) is 6.63. The number of aliphatic hydroxyl groups excluding tert-OH is 1. The number of amides is 1. The molecule has 1 amide bonds. The monoisotopic (exact) mass is 433 g/mol. The van der Waals surface area contributed by atoms with Gasteiger partial charge in [0, 0.05) is 52.2 Å². The number of nitrogens with zero attached hydrogens (tertiary/aromatic N) is 3. The van der Waals surface area contributed by atoms with Crippen molar-refractivity contribution in [2.75, 3.05) is 53.5 Å². The molecule has 2 fully saturated rings. The van der Waals surface area contributed by atoms with Crippen molar-refractivity contribution in [1.29, 1.82) is 0 Å². The Bertz CT molecular complexity index is 700. The normalized spacial score (nSPS) is 19.5. The van der Waals surface area contributed by atoms with Crippen molar-refractivity contribution in [3.05, 3.63) is 23.8 Å². The molecule has 2 aliphatic rings. The maximum Gasteiger partial charge on any atom is 0.219 e. The Morgan fingerprint density at radius 1 is 1.16 bits per heavy atom. The van der Waals surface area contributed by atoms with Gasteiger partial charge in [-0.2, -0.15) is 0 Å². The molecule has 1 aromatic carbocycles. The number of methoxy groups -OCH3 is 1. The number of ether oxygens (including phenoxy) is 2. The molecule has 1 aliphatic heterocycles. The first-order chi connectivity index (χ1) is 15.0. The number of likely N-dealkylation sites (N-methyl/N-ethyl adjacent to an activating group) is 1. The Hall–Kier alpha value is -1.83. The molecule has 0 unspecified atom stereocenters. The molecule has 7 nitrogen and oxygen atoms in total. The lowest BCUT2D eigenvalue weighted by Gasteiger charge is -2.34. The number of aliphatic hydroxyl groups is 1. The van der Waals surface area contributed by atoms with E-state index in [1.54, 1.807) is 14.0 Å². The molecule has 0 radical (unpaired) electrons. The van der Waals surface area contributed by atoms with Gasteiger partial charge < -0.3 is 24.4 Å². The third kappa shape index (κ3) is 7.09. The third-order valence-corrected chi connectivity index (χ3v) is 6.58. The number of carbonyl (C=O) groups excluding carboxylic acids is 1. The average Bonchev–Trinajstić information content (AvgIpc) is 2.79. The molecule has 1 N–H and O–H groups in total. The van der Waals surface area contributed by atoms with E-state index in [0.29, 0.717) is 24.1 Å². The molecule has 0 aromatic heterocycles. The smallest absolute Gasteiger partial charge is 0.219 e. The Balaban J connectivity index is 1.47. The largest absolute Gasteiger partial charge is 0.493 e. The molecule has 0 bridgehead atoms. The second-order valence-electron chi connectivity index (χ2n) is 8.96. The zero-order valence-electron chi connectivity index (χ0n) is 19.4. The van der Waals surface area contributed by atoms with E-state index in [4.69, 9.17) is 9.47 Å². The van der Waals surface area contributed by atoms with Gasteiger partial charge in [-0.05, 0) is 37.6 Å². The van der Waals surface area contributed by atoms with Gasteiger partial charge in [-0.1, -0.05) is 25.3 Å². The first kappa shape index (κ1) is 23.8. The fourth-order valence-electron chi connectivity index (χ4n) is 4.65. The van der Waals surface area contributed by atoms with Gasteiger partial charge in [-0.15, -0.1) is 0 Å². The second kappa shape index (κ2) is 11.7. The summed E-state index contributed by atoms with van der Waals surface area (Å²) in [5.74, 6) is 1.50. The van der Waals surface area contributed by atoms with Gasteiger partial charge in [0.25, 0.3) is 0 Å². The standard InChI is InChI=1S/C24H39N3O4/c1-19(28)27-13-11-26(12-14-27)16-20-9-10-23(24(15-20)30-3)31-18-22(29)17-25(2)21-7-5-4-6-8-21/h9-10,15,21-22,29H,4-8,11-14,16-18H2,1-3H3/t22-/m0/s1. The summed E-state index contributed by atoms with van der Waals surface area (Å²) in [6.07, 6.45) is 5.83. The summed E-state index contributed by atoms with van der Waals surface area (Å²) in [7, 11) is 3.75. The van der Waals surface area contributed by atoms with Crippen LogP contribution in [0.25, 0.3) is 0 Å². The fourth-order valence-corrected chi connectivity index (χ4v) is 4.65. The maximum atomic E-state index is 11.5.